The third kappa shape index (κ3) is 4.13. The standard InChI is InChI=1S/C14H19N7/c1-20(2)13-9-12(17-14(18-13)21(3)4)19-16-10-11-5-7-15-8-6-11/h5-10H,1-4H3,(H,17,18,19). The largest absolute Gasteiger partial charge is 0.363 e. The molecule has 1 N–H and O–H groups in total. The Morgan fingerprint density at radius 3 is 2.38 bits per heavy atom. The van der Waals surface area contributed by atoms with Crippen molar-refractivity contribution in [1.82, 2.24) is 15.0 Å². The van der Waals surface area contributed by atoms with Crippen LogP contribution in [0.1, 0.15) is 5.56 Å². The first-order valence-corrected chi connectivity index (χ1v) is 6.49. The summed E-state index contributed by atoms with van der Waals surface area (Å²) in [5.74, 6) is 2.08. The predicted molar refractivity (Wildman–Crippen MR) is 86.1 cm³/mol. The highest BCUT2D eigenvalue weighted by Gasteiger charge is 2.07. The van der Waals surface area contributed by atoms with Crippen LogP contribution in [0.15, 0.2) is 35.7 Å². The van der Waals surface area contributed by atoms with Crippen LogP contribution in [0.5, 0.6) is 0 Å². The van der Waals surface area contributed by atoms with Gasteiger partial charge in [0.05, 0.1) is 6.21 Å². The average molecular weight is 285 g/mol. The molecule has 0 aromatic carbocycles. The van der Waals surface area contributed by atoms with E-state index in [1.807, 2.05) is 56.2 Å². The molecule has 0 amide bonds. The average Bonchev–Trinajstić information content (AvgIpc) is 2.48. The molecule has 110 valence electrons. The van der Waals surface area contributed by atoms with Gasteiger partial charge in [-0.1, -0.05) is 0 Å². The summed E-state index contributed by atoms with van der Waals surface area (Å²) in [6, 6.07) is 5.60. The Labute approximate surface area is 124 Å². The zero-order valence-electron chi connectivity index (χ0n) is 12.6. The molecule has 7 nitrogen and oxygen atoms in total. The number of hydrogen-bond acceptors (Lipinski definition) is 7. The third-order valence-corrected chi connectivity index (χ3v) is 2.66. The summed E-state index contributed by atoms with van der Waals surface area (Å²) < 4.78 is 0. The number of pyridine rings is 1. The molecule has 2 heterocycles. The lowest BCUT2D eigenvalue weighted by Gasteiger charge is -2.16. The molecule has 0 saturated carbocycles. The van der Waals surface area contributed by atoms with Gasteiger partial charge in [0.2, 0.25) is 5.95 Å². The summed E-state index contributed by atoms with van der Waals surface area (Å²) >= 11 is 0. The maximum Gasteiger partial charge on any atom is 0.228 e. The van der Waals surface area contributed by atoms with Crippen molar-refractivity contribution in [1.29, 1.82) is 0 Å². The minimum atomic E-state index is 0.628. The van der Waals surface area contributed by atoms with Crippen LogP contribution in [-0.4, -0.2) is 49.4 Å². The van der Waals surface area contributed by atoms with E-state index in [1.165, 1.54) is 0 Å². The van der Waals surface area contributed by atoms with E-state index in [2.05, 4.69) is 25.5 Å². The van der Waals surface area contributed by atoms with Crippen molar-refractivity contribution >= 4 is 23.8 Å². The topological polar surface area (TPSA) is 69.5 Å². The molecule has 0 spiro atoms. The monoisotopic (exact) mass is 285 g/mol. The highest BCUT2D eigenvalue weighted by Crippen LogP contribution is 2.17. The third-order valence-electron chi connectivity index (χ3n) is 2.66. The Kier molecular flexibility index (Phi) is 4.65. The van der Waals surface area contributed by atoms with Crippen molar-refractivity contribution in [3.8, 4) is 0 Å². The molecule has 0 bridgehead atoms. The molecule has 0 aliphatic carbocycles. The fraction of sp³-hybridized carbons (Fsp3) is 0.286. The molecular formula is C14H19N7. The van der Waals surface area contributed by atoms with Gasteiger partial charge in [-0.15, -0.1) is 0 Å². The number of anilines is 3. The molecule has 2 aromatic heterocycles. The number of rotatable bonds is 5. The van der Waals surface area contributed by atoms with E-state index in [0.29, 0.717) is 11.8 Å². The maximum absolute atomic E-state index is 4.44. The van der Waals surface area contributed by atoms with Crippen molar-refractivity contribution in [2.24, 2.45) is 5.10 Å². The van der Waals surface area contributed by atoms with E-state index < -0.39 is 0 Å². The van der Waals surface area contributed by atoms with Gasteiger partial charge in [0.15, 0.2) is 5.82 Å². The Hall–Kier alpha value is -2.70. The van der Waals surface area contributed by atoms with E-state index in [-0.39, 0.29) is 0 Å². The SMILES string of the molecule is CN(C)c1cc(NN=Cc2ccncc2)nc(N(C)C)n1. The van der Waals surface area contributed by atoms with Gasteiger partial charge in [-0.2, -0.15) is 15.1 Å². The van der Waals surface area contributed by atoms with E-state index in [0.717, 1.165) is 11.4 Å². The van der Waals surface area contributed by atoms with Crippen LogP contribution in [0, 0.1) is 0 Å². The number of nitrogens with zero attached hydrogens (tertiary/aromatic N) is 6. The molecule has 0 radical (unpaired) electrons. The van der Waals surface area contributed by atoms with Gasteiger partial charge < -0.3 is 9.80 Å². The van der Waals surface area contributed by atoms with Gasteiger partial charge in [-0.25, -0.2) is 0 Å². The number of aromatic nitrogens is 3. The van der Waals surface area contributed by atoms with Gasteiger partial charge in [0.1, 0.15) is 5.82 Å². The van der Waals surface area contributed by atoms with Crippen LogP contribution < -0.4 is 15.2 Å². The van der Waals surface area contributed by atoms with Crippen molar-refractivity contribution in [3.05, 3.63) is 36.2 Å². The van der Waals surface area contributed by atoms with Crippen LogP contribution in [0.25, 0.3) is 0 Å². The quantitative estimate of drug-likeness (QED) is 0.662. The summed E-state index contributed by atoms with van der Waals surface area (Å²) in [5, 5.41) is 4.18. The van der Waals surface area contributed by atoms with Gasteiger partial charge in [-0.3, -0.25) is 10.4 Å². The Bertz CT molecular complexity index is 582. The highest BCUT2D eigenvalue weighted by atomic mass is 15.3. The van der Waals surface area contributed by atoms with Crippen LogP contribution in [-0.2, 0) is 0 Å². The molecule has 0 aliphatic heterocycles. The number of hydrazone groups is 1. The Morgan fingerprint density at radius 1 is 1.05 bits per heavy atom. The van der Waals surface area contributed by atoms with Crippen LogP contribution >= 0.6 is 0 Å². The molecule has 2 rings (SSSR count). The smallest absolute Gasteiger partial charge is 0.228 e. The second kappa shape index (κ2) is 6.65. The normalized spacial score (nSPS) is 10.7. The van der Waals surface area contributed by atoms with Crippen LogP contribution in [0.3, 0.4) is 0 Å². The molecule has 0 unspecified atom stereocenters. The summed E-state index contributed by atoms with van der Waals surface area (Å²) in [6.45, 7) is 0. The number of nitrogens with one attached hydrogen (secondary N) is 1. The van der Waals surface area contributed by atoms with Gasteiger partial charge in [0.25, 0.3) is 0 Å². The fourth-order valence-electron chi connectivity index (χ4n) is 1.53. The lowest BCUT2D eigenvalue weighted by molar-refractivity contribution is 0.966. The lowest BCUT2D eigenvalue weighted by atomic mass is 10.3. The zero-order valence-corrected chi connectivity index (χ0v) is 12.6. The minimum Gasteiger partial charge on any atom is -0.363 e. The van der Waals surface area contributed by atoms with E-state index >= 15 is 0 Å². The first-order chi connectivity index (χ1) is 10.1. The summed E-state index contributed by atoms with van der Waals surface area (Å²) in [4.78, 5) is 16.6. The molecule has 7 heteroatoms. The Balaban J connectivity index is 2.17. The molecular weight excluding hydrogens is 266 g/mol. The van der Waals surface area contributed by atoms with E-state index in [1.54, 1.807) is 18.6 Å². The van der Waals surface area contributed by atoms with Gasteiger partial charge in [0, 0.05) is 46.7 Å². The zero-order chi connectivity index (χ0) is 15.2. The molecule has 0 atom stereocenters. The van der Waals surface area contributed by atoms with Gasteiger partial charge >= 0.3 is 0 Å². The van der Waals surface area contributed by atoms with Crippen molar-refractivity contribution < 1.29 is 0 Å². The first-order valence-electron chi connectivity index (χ1n) is 6.49. The predicted octanol–water partition coefficient (Wildman–Crippen LogP) is 1.45. The first kappa shape index (κ1) is 14.7. The van der Waals surface area contributed by atoms with E-state index in [4.69, 9.17) is 0 Å². The van der Waals surface area contributed by atoms with E-state index in [9.17, 15) is 0 Å². The summed E-state index contributed by atoms with van der Waals surface area (Å²) in [6.07, 6.45) is 5.16. The van der Waals surface area contributed by atoms with Crippen molar-refractivity contribution in [2.75, 3.05) is 43.4 Å². The minimum absolute atomic E-state index is 0.628. The molecule has 0 aliphatic rings. The van der Waals surface area contributed by atoms with Gasteiger partial charge in [-0.05, 0) is 17.7 Å². The summed E-state index contributed by atoms with van der Waals surface area (Å²) in [5.41, 5.74) is 3.89. The maximum atomic E-state index is 4.44. The summed E-state index contributed by atoms with van der Waals surface area (Å²) in [7, 11) is 7.68. The number of hydrogen-bond donors (Lipinski definition) is 1. The second-order valence-electron chi connectivity index (χ2n) is 4.85. The van der Waals surface area contributed by atoms with Crippen LogP contribution in [0.2, 0.25) is 0 Å². The molecule has 0 saturated heterocycles. The molecule has 0 fully saturated rings. The Morgan fingerprint density at radius 2 is 1.76 bits per heavy atom. The fourth-order valence-corrected chi connectivity index (χ4v) is 1.53. The van der Waals surface area contributed by atoms with Crippen molar-refractivity contribution in [2.45, 2.75) is 0 Å². The second-order valence-corrected chi connectivity index (χ2v) is 4.85. The van der Waals surface area contributed by atoms with Crippen molar-refractivity contribution in [3.63, 3.8) is 0 Å². The molecule has 2 aromatic rings. The lowest BCUT2D eigenvalue weighted by Crippen LogP contribution is -2.17. The van der Waals surface area contributed by atoms with Crippen LogP contribution in [0.4, 0.5) is 17.6 Å². The molecule has 21 heavy (non-hydrogen) atoms. The highest BCUT2D eigenvalue weighted by molar-refractivity contribution is 5.79.